The second kappa shape index (κ2) is 12.9. The van der Waals surface area contributed by atoms with Crippen LogP contribution < -0.4 is 21.3 Å². The van der Waals surface area contributed by atoms with E-state index in [1.165, 1.54) is 12.5 Å². The Bertz CT molecular complexity index is 1360. The maximum absolute atomic E-state index is 13.5. The number of aromatic amines is 2. The van der Waals surface area contributed by atoms with Gasteiger partial charge in [-0.3, -0.25) is 19.2 Å². The van der Waals surface area contributed by atoms with E-state index < -0.39 is 54.3 Å². The van der Waals surface area contributed by atoms with Crippen LogP contribution in [0.1, 0.15) is 30.5 Å². The topological polar surface area (TPSA) is 218 Å². The van der Waals surface area contributed by atoms with E-state index in [0.29, 0.717) is 24.2 Å². The molecule has 4 unspecified atom stereocenters. The fourth-order valence-corrected chi connectivity index (χ4v) is 4.66. The lowest BCUT2D eigenvalue weighted by Crippen LogP contribution is -2.58. The molecule has 0 aliphatic carbocycles. The summed E-state index contributed by atoms with van der Waals surface area (Å²) in [6.07, 6.45) is 5.25. The van der Waals surface area contributed by atoms with Crippen LogP contribution in [-0.4, -0.2) is 85.5 Å². The summed E-state index contributed by atoms with van der Waals surface area (Å²) >= 11 is 0. The van der Waals surface area contributed by atoms with Crippen LogP contribution in [0, 0.1) is 0 Å². The van der Waals surface area contributed by atoms with Crippen LogP contribution in [0.15, 0.2) is 43.0 Å². The van der Waals surface area contributed by atoms with Gasteiger partial charge in [0.1, 0.15) is 18.1 Å². The van der Waals surface area contributed by atoms with E-state index in [2.05, 4.69) is 36.2 Å². The highest BCUT2D eigenvalue weighted by Gasteiger charge is 2.33. The molecule has 14 heteroatoms. The Kier molecular flexibility index (Phi) is 9.11. The number of amides is 3. The van der Waals surface area contributed by atoms with Crippen LogP contribution in [0.4, 0.5) is 0 Å². The monoisotopic (exact) mass is 553 g/mol. The van der Waals surface area contributed by atoms with Crippen molar-refractivity contribution in [3.63, 3.8) is 0 Å². The second-order valence-corrected chi connectivity index (χ2v) is 9.61. The molecule has 1 aromatic carbocycles. The molecule has 3 heterocycles. The molecule has 0 bridgehead atoms. The zero-order chi connectivity index (χ0) is 28.6. The van der Waals surface area contributed by atoms with Crippen molar-refractivity contribution in [1.29, 1.82) is 0 Å². The third-order valence-electron chi connectivity index (χ3n) is 6.71. The first-order valence-electron chi connectivity index (χ1n) is 12.8. The van der Waals surface area contributed by atoms with Gasteiger partial charge >= 0.3 is 11.9 Å². The molecule has 2 aromatic heterocycles. The Morgan fingerprint density at radius 1 is 0.950 bits per heavy atom. The molecule has 3 amide bonds. The van der Waals surface area contributed by atoms with Gasteiger partial charge in [0.05, 0.1) is 18.8 Å². The van der Waals surface area contributed by atoms with E-state index in [9.17, 15) is 29.1 Å². The number of para-hydroxylation sites is 1. The van der Waals surface area contributed by atoms with Gasteiger partial charge in [0.15, 0.2) is 0 Å². The van der Waals surface area contributed by atoms with Crippen molar-refractivity contribution in [3.8, 4) is 0 Å². The molecule has 0 spiro atoms. The fraction of sp³-hybridized carbons (Fsp3) is 0.385. The highest BCUT2D eigenvalue weighted by atomic mass is 16.4. The minimum atomic E-state index is -1.71. The average molecular weight is 554 g/mol. The van der Waals surface area contributed by atoms with Crippen molar-refractivity contribution in [2.75, 3.05) is 6.54 Å². The maximum Gasteiger partial charge on any atom is 0.326 e. The molecule has 1 saturated heterocycles. The number of benzene rings is 1. The first-order valence-corrected chi connectivity index (χ1v) is 12.8. The quantitative estimate of drug-likeness (QED) is 0.136. The number of imidazole rings is 1. The number of hydrogen-bond acceptors (Lipinski definition) is 7. The van der Waals surface area contributed by atoms with Gasteiger partial charge in [-0.05, 0) is 31.0 Å². The molecule has 0 saturated carbocycles. The Morgan fingerprint density at radius 2 is 1.68 bits per heavy atom. The number of aliphatic carboxylic acids is 2. The Balaban J connectivity index is 1.57. The molecule has 0 radical (unpaired) electrons. The molecule has 3 aromatic rings. The SMILES string of the molecule is O=C(O)CC(NC(=O)C(Cc1c[nH]c2ccccc12)NC(=O)C(Cc1cnc[nH]1)NC(=O)C1CCCN1)C(=O)O. The largest absolute Gasteiger partial charge is 0.481 e. The number of carbonyl (C=O) groups is 5. The normalized spacial score (nSPS) is 17.1. The van der Waals surface area contributed by atoms with E-state index in [4.69, 9.17) is 5.11 Å². The van der Waals surface area contributed by atoms with Gasteiger partial charge in [0, 0.05) is 41.8 Å². The van der Waals surface area contributed by atoms with Crippen LogP contribution >= 0.6 is 0 Å². The Hall–Kier alpha value is -4.72. The number of rotatable bonds is 13. The minimum Gasteiger partial charge on any atom is -0.481 e. The maximum atomic E-state index is 13.5. The van der Waals surface area contributed by atoms with Crippen LogP contribution in [0.2, 0.25) is 0 Å². The molecule has 1 aliphatic heterocycles. The number of nitrogens with zero attached hydrogens (tertiary/aromatic N) is 1. The molecule has 8 N–H and O–H groups in total. The fourth-order valence-electron chi connectivity index (χ4n) is 4.66. The molecular weight excluding hydrogens is 522 g/mol. The standard InChI is InChI=1S/C26H31N7O7/c34-22(35)10-21(26(39)40)33-24(37)19(8-14-11-29-17-5-2-1-4-16(14)17)31-25(38)20(9-15-12-27-13-30-15)32-23(36)18-6-3-7-28-18/h1-2,4-5,11-13,18-21,28-29H,3,6-10H2,(H,27,30)(H,31,38)(H,32,36)(H,33,37)(H,34,35)(H,39,40). The van der Waals surface area contributed by atoms with Crippen molar-refractivity contribution in [3.05, 3.63) is 54.2 Å². The summed E-state index contributed by atoms with van der Waals surface area (Å²) in [7, 11) is 0. The van der Waals surface area contributed by atoms with Crippen LogP contribution in [0.5, 0.6) is 0 Å². The number of H-pyrrole nitrogens is 2. The summed E-state index contributed by atoms with van der Waals surface area (Å²) in [5.74, 6) is -4.85. The van der Waals surface area contributed by atoms with E-state index >= 15 is 0 Å². The summed E-state index contributed by atoms with van der Waals surface area (Å²) in [4.78, 5) is 72.4. The predicted molar refractivity (Wildman–Crippen MR) is 141 cm³/mol. The molecule has 1 fully saturated rings. The van der Waals surface area contributed by atoms with Crippen LogP contribution in [0.3, 0.4) is 0 Å². The number of carbonyl (C=O) groups excluding carboxylic acids is 3. The predicted octanol–water partition coefficient (Wildman–Crippen LogP) is -0.558. The zero-order valence-corrected chi connectivity index (χ0v) is 21.5. The first-order chi connectivity index (χ1) is 19.2. The van der Waals surface area contributed by atoms with Crippen molar-refractivity contribution < 1.29 is 34.2 Å². The van der Waals surface area contributed by atoms with Crippen molar-refractivity contribution >= 4 is 40.6 Å². The summed E-state index contributed by atoms with van der Waals surface area (Å²) in [5.41, 5.74) is 2.04. The van der Waals surface area contributed by atoms with E-state index in [1.807, 2.05) is 24.3 Å². The number of nitrogens with one attached hydrogen (secondary N) is 6. The van der Waals surface area contributed by atoms with Gasteiger partial charge in [0.25, 0.3) is 0 Å². The highest BCUT2D eigenvalue weighted by molar-refractivity contribution is 5.95. The van der Waals surface area contributed by atoms with Gasteiger partial charge in [-0.15, -0.1) is 0 Å². The van der Waals surface area contributed by atoms with Gasteiger partial charge in [-0.25, -0.2) is 9.78 Å². The summed E-state index contributed by atoms with van der Waals surface area (Å²) in [5, 5.41) is 30.0. The summed E-state index contributed by atoms with van der Waals surface area (Å²) < 4.78 is 0. The Labute approximate surface area is 228 Å². The Morgan fingerprint density at radius 3 is 2.33 bits per heavy atom. The lowest BCUT2D eigenvalue weighted by Gasteiger charge is -2.25. The molecule has 1 aliphatic rings. The number of aromatic nitrogens is 3. The number of hydrogen-bond donors (Lipinski definition) is 8. The van der Waals surface area contributed by atoms with Gasteiger partial charge in [-0.1, -0.05) is 18.2 Å². The molecule has 4 atom stereocenters. The zero-order valence-electron chi connectivity index (χ0n) is 21.5. The van der Waals surface area contributed by atoms with Gasteiger partial charge < -0.3 is 41.4 Å². The van der Waals surface area contributed by atoms with Gasteiger partial charge in [-0.2, -0.15) is 0 Å². The van der Waals surface area contributed by atoms with E-state index in [-0.39, 0.29) is 18.7 Å². The molecular formula is C26H31N7O7. The number of carboxylic acid groups (broad SMARTS) is 2. The molecule has 14 nitrogen and oxygen atoms in total. The molecule has 212 valence electrons. The number of fused-ring (bicyclic) bond motifs is 1. The first kappa shape index (κ1) is 28.3. The van der Waals surface area contributed by atoms with Crippen LogP contribution in [0.25, 0.3) is 10.9 Å². The third-order valence-corrected chi connectivity index (χ3v) is 6.71. The average Bonchev–Trinajstić information content (AvgIpc) is 3.70. The van der Waals surface area contributed by atoms with E-state index in [0.717, 1.165) is 17.3 Å². The van der Waals surface area contributed by atoms with Crippen molar-refractivity contribution in [2.45, 2.75) is 56.3 Å². The third kappa shape index (κ3) is 7.22. The minimum absolute atomic E-state index is 0.0318. The second-order valence-electron chi connectivity index (χ2n) is 9.61. The van der Waals surface area contributed by atoms with Crippen LogP contribution in [-0.2, 0) is 36.8 Å². The molecule has 4 rings (SSSR count). The summed E-state index contributed by atoms with van der Waals surface area (Å²) in [6.45, 7) is 0.684. The summed E-state index contributed by atoms with van der Waals surface area (Å²) in [6, 6.07) is 2.80. The van der Waals surface area contributed by atoms with Gasteiger partial charge in [0.2, 0.25) is 17.7 Å². The van der Waals surface area contributed by atoms with Crippen molar-refractivity contribution in [1.82, 2.24) is 36.2 Å². The highest BCUT2D eigenvalue weighted by Crippen LogP contribution is 2.19. The molecule has 40 heavy (non-hydrogen) atoms. The number of carboxylic acids is 2. The lowest BCUT2D eigenvalue weighted by atomic mass is 10.0. The van der Waals surface area contributed by atoms with E-state index in [1.54, 1.807) is 6.20 Å². The smallest absolute Gasteiger partial charge is 0.326 e. The van der Waals surface area contributed by atoms with Crippen molar-refractivity contribution in [2.24, 2.45) is 0 Å². The lowest BCUT2D eigenvalue weighted by molar-refractivity contribution is -0.147.